The van der Waals surface area contributed by atoms with E-state index in [1.165, 1.54) is 5.57 Å². The number of carbonyl (C=O) groups excluding carboxylic acids is 1. The minimum absolute atomic E-state index is 0.0188. The molecular formula is C13H14ClNOS. The van der Waals surface area contributed by atoms with Gasteiger partial charge >= 0.3 is 0 Å². The van der Waals surface area contributed by atoms with Crippen molar-refractivity contribution in [2.45, 2.75) is 18.2 Å². The maximum absolute atomic E-state index is 12.3. The van der Waals surface area contributed by atoms with Crippen LogP contribution in [0, 0.1) is 0 Å². The molecule has 1 aromatic carbocycles. The second-order valence-corrected chi connectivity index (χ2v) is 5.14. The Morgan fingerprint density at radius 2 is 2.24 bits per heavy atom. The average molecular weight is 268 g/mol. The standard InChI is InChI=1S/C13H14ClNOS/c1-9-4-6-15(7-5-9)13(16)11-8-10(17)2-3-12(11)14/h2-4,8,17H,5-7H2,1H3. The van der Waals surface area contributed by atoms with E-state index in [9.17, 15) is 4.79 Å². The fourth-order valence-corrected chi connectivity index (χ4v) is 2.20. The van der Waals surface area contributed by atoms with Crippen LogP contribution in [0.15, 0.2) is 34.7 Å². The third kappa shape index (κ3) is 2.85. The Balaban J connectivity index is 2.23. The van der Waals surface area contributed by atoms with Gasteiger partial charge in [0.2, 0.25) is 0 Å². The summed E-state index contributed by atoms with van der Waals surface area (Å²) in [4.78, 5) is 14.8. The van der Waals surface area contributed by atoms with Gasteiger partial charge in [0.1, 0.15) is 0 Å². The van der Waals surface area contributed by atoms with Gasteiger partial charge in [-0.25, -0.2) is 0 Å². The highest BCUT2D eigenvalue weighted by molar-refractivity contribution is 7.80. The number of hydrogen-bond acceptors (Lipinski definition) is 2. The Labute approximate surface area is 112 Å². The monoisotopic (exact) mass is 267 g/mol. The zero-order valence-electron chi connectivity index (χ0n) is 9.61. The first-order valence-electron chi connectivity index (χ1n) is 5.51. The summed E-state index contributed by atoms with van der Waals surface area (Å²) in [6, 6.07) is 5.21. The van der Waals surface area contributed by atoms with Gasteiger partial charge in [-0.1, -0.05) is 23.3 Å². The van der Waals surface area contributed by atoms with E-state index in [2.05, 4.69) is 25.6 Å². The lowest BCUT2D eigenvalue weighted by molar-refractivity contribution is 0.0769. The van der Waals surface area contributed by atoms with Crippen LogP contribution in [0.5, 0.6) is 0 Å². The predicted molar refractivity (Wildman–Crippen MR) is 73.0 cm³/mol. The van der Waals surface area contributed by atoms with E-state index in [-0.39, 0.29) is 5.91 Å². The van der Waals surface area contributed by atoms with Crippen molar-refractivity contribution in [3.8, 4) is 0 Å². The first-order chi connectivity index (χ1) is 8.08. The summed E-state index contributed by atoms with van der Waals surface area (Å²) < 4.78 is 0. The molecule has 0 radical (unpaired) electrons. The van der Waals surface area contributed by atoms with Gasteiger partial charge in [-0.15, -0.1) is 12.6 Å². The molecule has 0 fully saturated rings. The van der Waals surface area contributed by atoms with Crippen molar-refractivity contribution >= 4 is 30.1 Å². The van der Waals surface area contributed by atoms with Gasteiger partial charge in [-0.3, -0.25) is 4.79 Å². The summed E-state index contributed by atoms with van der Waals surface area (Å²) in [6.45, 7) is 3.51. The van der Waals surface area contributed by atoms with E-state index in [0.29, 0.717) is 17.1 Å². The van der Waals surface area contributed by atoms with Crippen LogP contribution in [-0.2, 0) is 0 Å². The highest BCUT2D eigenvalue weighted by Crippen LogP contribution is 2.22. The third-order valence-corrected chi connectivity index (χ3v) is 3.51. The zero-order chi connectivity index (χ0) is 12.4. The second-order valence-electron chi connectivity index (χ2n) is 4.22. The average Bonchev–Trinajstić information content (AvgIpc) is 2.32. The van der Waals surface area contributed by atoms with Gasteiger partial charge in [-0.2, -0.15) is 0 Å². The van der Waals surface area contributed by atoms with Crippen molar-refractivity contribution < 1.29 is 4.79 Å². The Morgan fingerprint density at radius 3 is 2.88 bits per heavy atom. The molecule has 2 rings (SSSR count). The van der Waals surface area contributed by atoms with Crippen molar-refractivity contribution in [3.05, 3.63) is 40.4 Å². The quantitative estimate of drug-likeness (QED) is 0.611. The summed E-state index contributed by atoms with van der Waals surface area (Å²) in [5.74, 6) is -0.0188. The minimum atomic E-state index is -0.0188. The number of rotatable bonds is 1. The first kappa shape index (κ1) is 12.5. The molecule has 4 heteroatoms. The minimum Gasteiger partial charge on any atom is -0.335 e. The molecule has 0 atom stereocenters. The SMILES string of the molecule is CC1=CCN(C(=O)c2cc(S)ccc2Cl)CC1. The van der Waals surface area contributed by atoms with E-state index in [1.807, 2.05) is 0 Å². The molecule has 0 aliphatic carbocycles. The van der Waals surface area contributed by atoms with E-state index >= 15 is 0 Å². The molecule has 0 N–H and O–H groups in total. The van der Waals surface area contributed by atoms with Crippen molar-refractivity contribution in [1.82, 2.24) is 4.90 Å². The molecule has 1 aromatic rings. The number of hydrogen-bond donors (Lipinski definition) is 1. The predicted octanol–water partition coefficient (Wildman–Crippen LogP) is 3.42. The molecule has 17 heavy (non-hydrogen) atoms. The van der Waals surface area contributed by atoms with Gasteiger partial charge in [-0.05, 0) is 31.5 Å². The van der Waals surface area contributed by atoms with Crippen LogP contribution in [0.25, 0.3) is 0 Å². The number of carbonyl (C=O) groups is 1. The lowest BCUT2D eigenvalue weighted by Gasteiger charge is -2.26. The molecule has 0 saturated carbocycles. The molecule has 2 nitrogen and oxygen atoms in total. The van der Waals surface area contributed by atoms with Crippen molar-refractivity contribution in [2.24, 2.45) is 0 Å². The van der Waals surface area contributed by atoms with Crippen LogP contribution in [0.3, 0.4) is 0 Å². The Bertz CT molecular complexity index is 484. The molecule has 0 unspecified atom stereocenters. The number of amides is 1. The summed E-state index contributed by atoms with van der Waals surface area (Å²) >= 11 is 10.3. The molecular weight excluding hydrogens is 254 g/mol. The molecule has 0 spiro atoms. The van der Waals surface area contributed by atoms with E-state index < -0.39 is 0 Å². The number of thiol groups is 1. The lowest BCUT2D eigenvalue weighted by atomic mass is 10.1. The van der Waals surface area contributed by atoms with Crippen LogP contribution in [-0.4, -0.2) is 23.9 Å². The number of halogens is 1. The van der Waals surface area contributed by atoms with E-state index in [1.54, 1.807) is 23.1 Å². The topological polar surface area (TPSA) is 20.3 Å². The highest BCUT2D eigenvalue weighted by atomic mass is 35.5. The van der Waals surface area contributed by atoms with Gasteiger partial charge in [0.15, 0.2) is 0 Å². The van der Waals surface area contributed by atoms with Crippen LogP contribution < -0.4 is 0 Å². The molecule has 1 aliphatic rings. The largest absolute Gasteiger partial charge is 0.335 e. The first-order valence-corrected chi connectivity index (χ1v) is 6.34. The fourth-order valence-electron chi connectivity index (χ4n) is 1.80. The van der Waals surface area contributed by atoms with Crippen molar-refractivity contribution in [2.75, 3.05) is 13.1 Å². The zero-order valence-corrected chi connectivity index (χ0v) is 11.3. The smallest absolute Gasteiger partial charge is 0.255 e. The van der Waals surface area contributed by atoms with Gasteiger partial charge in [0.05, 0.1) is 10.6 Å². The maximum atomic E-state index is 12.3. The summed E-state index contributed by atoms with van der Waals surface area (Å²) in [6.07, 6.45) is 3.02. The van der Waals surface area contributed by atoms with Crippen LogP contribution in [0.1, 0.15) is 23.7 Å². The summed E-state index contributed by atoms with van der Waals surface area (Å²) in [5.41, 5.74) is 1.87. The van der Waals surface area contributed by atoms with Crippen LogP contribution in [0.4, 0.5) is 0 Å². The highest BCUT2D eigenvalue weighted by Gasteiger charge is 2.19. The Hall–Kier alpha value is -0.930. The summed E-state index contributed by atoms with van der Waals surface area (Å²) in [7, 11) is 0. The van der Waals surface area contributed by atoms with Gasteiger partial charge < -0.3 is 4.90 Å². The summed E-state index contributed by atoms with van der Waals surface area (Å²) in [5, 5.41) is 0.485. The molecule has 0 bridgehead atoms. The number of benzene rings is 1. The molecule has 0 aromatic heterocycles. The molecule has 1 amide bonds. The van der Waals surface area contributed by atoms with E-state index in [0.717, 1.165) is 17.9 Å². The maximum Gasteiger partial charge on any atom is 0.255 e. The van der Waals surface area contributed by atoms with Gasteiger partial charge in [0.25, 0.3) is 5.91 Å². The van der Waals surface area contributed by atoms with E-state index in [4.69, 9.17) is 11.6 Å². The van der Waals surface area contributed by atoms with Crippen molar-refractivity contribution in [1.29, 1.82) is 0 Å². The third-order valence-electron chi connectivity index (χ3n) is 2.90. The second kappa shape index (κ2) is 5.15. The fraction of sp³-hybridized carbons (Fsp3) is 0.308. The molecule has 0 saturated heterocycles. The molecule has 1 heterocycles. The van der Waals surface area contributed by atoms with Crippen LogP contribution >= 0.6 is 24.2 Å². The van der Waals surface area contributed by atoms with Crippen molar-refractivity contribution in [3.63, 3.8) is 0 Å². The lowest BCUT2D eigenvalue weighted by Crippen LogP contribution is -2.34. The van der Waals surface area contributed by atoms with Gasteiger partial charge in [0, 0.05) is 18.0 Å². The Kier molecular flexibility index (Phi) is 3.79. The normalized spacial score (nSPS) is 15.7. The molecule has 90 valence electrons. The van der Waals surface area contributed by atoms with Crippen LogP contribution in [0.2, 0.25) is 5.02 Å². The molecule has 1 aliphatic heterocycles. The Morgan fingerprint density at radius 1 is 1.47 bits per heavy atom. The number of nitrogens with zero attached hydrogens (tertiary/aromatic N) is 1.